The molecule has 0 aliphatic carbocycles. The Bertz CT molecular complexity index is 851. The van der Waals surface area contributed by atoms with Gasteiger partial charge in [-0.2, -0.15) is 0 Å². The largest absolute Gasteiger partial charge is 0.311 e. The Hall–Kier alpha value is -3.22. The van der Waals surface area contributed by atoms with Crippen LogP contribution in [0.4, 0.5) is 17.1 Å². The monoisotopic (exact) mass is 353 g/mol. The highest BCUT2D eigenvalue weighted by molar-refractivity contribution is 6.05. The first-order valence-corrected chi connectivity index (χ1v) is 8.44. The number of nitrogens with zero attached hydrogens (tertiary/aromatic N) is 3. The summed E-state index contributed by atoms with van der Waals surface area (Å²) in [6.07, 6.45) is 0.676. The second kappa shape index (κ2) is 7.35. The third-order valence-corrected chi connectivity index (χ3v) is 4.45. The van der Waals surface area contributed by atoms with Crippen molar-refractivity contribution in [2.75, 3.05) is 22.9 Å². The third-order valence-electron chi connectivity index (χ3n) is 4.45. The van der Waals surface area contributed by atoms with E-state index >= 15 is 0 Å². The van der Waals surface area contributed by atoms with Gasteiger partial charge in [-0.05, 0) is 37.1 Å². The van der Waals surface area contributed by atoms with Gasteiger partial charge in [0.1, 0.15) is 6.54 Å². The normalized spacial score (nSPS) is 13.3. The Morgan fingerprint density at radius 1 is 1.19 bits per heavy atom. The van der Waals surface area contributed by atoms with E-state index in [1.165, 1.54) is 17.0 Å². The lowest BCUT2D eigenvalue weighted by Gasteiger charge is -2.31. The lowest BCUT2D eigenvalue weighted by atomic mass is 10.0. The summed E-state index contributed by atoms with van der Waals surface area (Å²) >= 11 is 0. The maximum Gasteiger partial charge on any atom is 0.269 e. The smallest absolute Gasteiger partial charge is 0.269 e. The zero-order chi connectivity index (χ0) is 18.7. The Morgan fingerprint density at radius 2 is 1.92 bits per heavy atom. The van der Waals surface area contributed by atoms with Gasteiger partial charge in [-0.25, -0.2) is 0 Å². The molecule has 0 saturated carbocycles. The molecular weight excluding hydrogens is 334 g/mol. The number of fused-ring (bicyclic) bond motifs is 1. The third kappa shape index (κ3) is 3.42. The van der Waals surface area contributed by atoms with Crippen molar-refractivity contribution in [3.8, 4) is 0 Å². The van der Waals surface area contributed by atoms with Gasteiger partial charge in [-0.1, -0.05) is 18.2 Å². The Balaban J connectivity index is 1.86. The van der Waals surface area contributed by atoms with Crippen molar-refractivity contribution in [1.29, 1.82) is 0 Å². The number of nitro groups is 1. The van der Waals surface area contributed by atoms with Crippen LogP contribution in [0.3, 0.4) is 0 Å². The van der Waals surface area contributed by atoms with Crippen molar-refractivity contribution in [3.05, 3.63) is 64.2 Å². The first kappa shape index (κ1) is 17.6. The maximum atomic E-state index is 12.8. The molecule has 2 amide bonds. The summed E-state index contributed by atoms with van der Waals surface area (Å²) in [5.41, 5.74) is 2.05. The van der Waals surface area contributed by atoms with Crippen molar-refractivity contribution in [2.45, 2.75) is 19.8 Å². The standard InChI is InChI=1S/C19H19N3O4/c1-2-20(15-6-4-3-5-7-15)19(24)13-21-17-10-9-16(22(25)26)12-14(17)8-11-18(21)23/h3-7,9-10,12H,2,8,11,13H2,1H3. The summed E-state index contributed by atoms with van der Waals surface area (Å²) in [7, 11) is 0. The number of rotatable bonds is 5. The SMILES string of the molecule is CCN(C(=O)CN1C(=O)CCc2cc([N+](=O)[O-])ccc21)c1ccccc1. The van der Waals surface area contributed by atoms with Gasteiger partial charge in [-0.15, -0.1) is 0 Å². The fourth-order valence-corrected chi connectivity index (χ4v) is 3.16. The van der Waals surface area contributed by atoms with Gasteiger partial charge >= 0.3 is 0 Å². The number of likely N-dealkylation sites (N-methyl/N-ethyl adjacent to an activating group) is 1. The molecule has 0 spiro atoms. The van der Waals surface area contributed by atoms with E-state index in [1.807, 2.05) is 37.3 Å². The lowest BCUT2D eigenvalue weighted by molar-refractivity contribution is -0.384. The fourth-order valence-electron chi connectivity index (χ4n) is 3.16. The van der Waals surface area contributed by atoms with E-state index < -0.39 is 4.92 Å². The van der Waals surface area contributed by atoms with Crippen LogP contribution in [-0.2, 0) is 16.0 Å². The van der Waals surface area contributed by atoms with Crippen LogP contribution in [-0.4, -0.2) is 29.8 Å². The molecule has 0 radical (unpaired) electrons. The van der Waals surface area contributed by atoms with E-state index in [2.05, 4.69) is 0 Å². The highest BCUT2D eigenvalue weighted by atomic mass is 16.6. The second-order valence-electron chi connectivity index (χ2n) is 6.02. The summed E-state index contributed by atoms with van der Waals surface area (Å²) in [6, 6.07) is 13.7. The summed E-state index contributed by atoms with van der Waals surface area (Å²) in [5.74, 6) is -0.345. The molecule has 1 heterocycles. The fraction of sp³-hybridized carbons (Fsp3) is 0.263. The van der Waals surface area contributed by atoms with Crippen LogP contribution in [0.2, 0.25) is 0 Å². The average molecular weight is 353 g/mol. The molecule has 2 aromatic carbocycles. The molecule has 3 rings (SSSR count). The van der Waals surface area contributed by atoms with Crippen LogP contribution in [0.15, 0.2) is 48.5 Å². The molecule has 0 saturated heterocycles. The zero-order valence-electron chi connectivity index (χ0n) is 14.4. The van der Waals surface area contributed by atoms with Gasteiger partial charge in [0.05, 0.1) is 4.92 Å². The number of non-ortho nitro benzene ring substituents is 1. The molecule has 0 fully saturated rings. The van der Waals surface area contributed by atoms with E-state index in [0.717, 1.165) is 5.69 Å². The van der Waals surface area contributed by atoms with Gasteiger partial charge in [-0.3, -0.25) is 19.7 Å². The molecule has 134 valence electrons. The zero-order valence-corrected chi connectivity index (χ0v) is 14.4. The number of benzene rings is 2. The second-order valence-corrected chi connectivity index (χ2v) is 6.02. The van der Waals surface area contributed by atoms with Gasteiger partial charge in [0.15, 0.2) is 0 Å². The molecular formula is C19H19N3O4. The number of nitro benzene ring substituents is 1. The molecule has 1 aliphatic rings. The van der Waals surface area contributed by atoms with Crippen molar-refractivity contribution in [1.82, 2.24) is 0 Å². The Labute approximate surface area is 151 Å². The molecule has 26 heavy (non-hydrogen) atoms. The van der Waals surface area contributed by atoms with Gasteiger partial charge < -0.3 is 9.80 Å². The van der Waals surface area contributed by atoms with E-state index in [-0.39, 0.29) is 30.5 Å². The van der Waals surface area contributed by atoms with Crippen LogP contribution in [0.25, 0.3) is 0 Å². The molecule has 0 bridgehead atoms. The first-order chi connectivity index (χ1) is 12.5. The summed E-state index contributed by atoms with van der Waals surface area (Å²) in [5, 5.41) is 11.0. The summed E-state index contributed by atoms with van der Waals surface area (Å²) in [6.45, 7) is 2.27. The molecule has 1 aliphatic heterocycles. The van der Waals surface area contributed by atoms with Crippen molar-refractivity contribution in [3.63, 3.8) is 0 Å². The van der Waals surface area contributed by atoms with Crippen LogP contribution < -0.4 is 9.80 Å². The lowest BCUT2D eigenvalue weighted by Crippen LogP contribution is -2.45. The van der Waals surface area contributed by atoms with Crippen LogP contribution in [0, 0.1) is 10.1 Å². The molecule has 0 unspecified atom stereocenters. The van der Waals surface area contributed by atoms with Crippen LogP contribution >= 0.6 is 0 Å². The number of hydrogen-bond donors (Lipinski definition) is 0. The number of carbonyl (C=O) groups is 2. The minimum Gasteiger partial charge on any atom is -0.311 e. The van der Waals surface area contributed by atoms with E-state index in [9.17, 15) is 19.7 Å². The molecule has 7 heteroatoms. The topological polar surface area (TPSA) is 83.8 Å². The highest BCUT2D eigenvalue weighted by Crippen LogP contribution is 2.31. The molecule has 0 N–H and O–H groups in total. The number of anilines is 2. The number of amides is 2. The molecule has 0 aromatic heterocycles. The highest BCUT2D eigenvalue weighted by Gasteiger charge is 2.29. The van der Waals surface area contributed by atoms with Gasteiger partial charge in [0, 0.05) is 36.5 Å². The minimum absolute atomic E-state index is 0.0103. The number of para-hydroxylation sites is 1. The van der Waals surface area contributed by atoms with Gasteiger partial charge in [0.25, 0.3) is 5.69 Å². The van der Waals surface area contributed by atoms with Gasteiger partial charge in [0.2, 0.25) is 11.8 Å². The van der Waals surface area contributed by atoms with Crippen LogP contribution in [0.5, 0.6) is 0 Å². The van der Waals surface area contributed by atoms with Crippen molar-refractivity contribution in [2.24, 2.45) is 0 Å². The number of hydrogen-bond acceptors (Lipinski definition) is 4. The van der Waals surface area contributed by atoms with E-state index in [4.69, 9.17) is 0 Å². The predicted octanol–water partition coefficient (Wildman–Crippen LogP) is 2.93. The summed E-state index contributed by atoms with van der Waals surface area (Å²) < 4.78 is 0. The van der Waals surface area contributed by atoms with Crippen molar-refractivity contribution < 1.29 is 14.5 Å². The number of aryl methyl sites for hydroxylation is 1. The molecule has 2 aromatic rings. The Morgan fingerprint density at radius 3 is 2.58 bits per heavy atom. The summed E-state index contributed by atoms with van der Waals surface area (Å²) in [4.78, 5) is 38.7. The Kier molecular flexibility index (Phi) is 4.97. The first-order valence-electron chi connectivity index (χ1n) is 8.44. The van der Waals surface area contributed by atoms with Crippen LogP contribution in [0.1, 0.15) is 18.9 Å². The molecule has 7 nitrogen and oxygen atoms in total. The quantitative estimate of drug-likeness (QED) is 0.611. The maximum absolute atomic E-state index is 12.8. The number of carbonyl (C=O) groups excluding carboxylic acids is 2. The minimum atomic E-state index is -0.458. The van der Waals surface area contributed by atoms with Crippen molar-refractivity contribution >= 4 is 28.9 Å². The van der Waals surface area contributed by atoms with E-state index in [0.29, 0.717) is 24.2 Å². The predicted molar refractivity (Wildman–Crippen MR) is 98.2 cm³/mol. The van der Waals surface area contributed by atoms with E-state index in [1.54, 1.807) is 11.0 Å². The average Bonchev–Trinajstić information content (AvgIpc) is 2.65. The molecule has 0 atom stereocenters.